The molecule has 0 bridgehead atoms. The van der Waals surface area contributed by atoms with Gasteiger partial charge in [-0.1, -0.05) is 9.24 Å². The fourth-order valence-electron chi connectivity index (χ4n) is 1.44. The van der Waals surface area contributed by atoms with E-state index in [1.807, 2.05) is 14.1 Å². The van der Waals surface area contributed by atoms with Crippen LogP contribution in [-0.2, 0) is 0 Å². The Morgan fingerprint density at radius 3 is 2.40 bits per heavy atom. The predicted molar refractivity (Wildman–Crippen MR) is 44.9 cm³/mol. The maximum absolute atomic E-state index is 13.2. The van der Waals surface area contributed by atoms with Crippen molar-refractivity contribution in [1.29, 1.82) is 0 Å². The summed E-state index contributed by atoms with van der Waals surface area (Å²) >= 11 is 0. The molecule has 1 nitrogen and oxygen atoms in total. The van der Waals surface area contributed by atoms with E-state index >= 15 is 0 Å². The lowest BCUT2D eigenvalue weighted by atomic mass is 10.2. The largest absolute Gasteiger partial charge is 0.306 e. The van der Waals surface area contributed by atoms with Crippen molar-refractivity contribution in [3.8, 4) is 0 Å². The molecule has 3 heteroatoms. The lowest BCUT2D eigenvalue weighted by molar-refractivity contribution is 0.249. The highest BCUT2D eigenvalue weighted by molar-refractivity contribution is 7.18. The van der Waals surface area contributed by atoms with Crippen molar-refractivity contribution in [3.63, 3.8) is 0 Å². The van der Waals surface area contributed by atoms with Gasteiger partial charge in [-0.3, -0.25) is 0 Å². The number of hydrogen-bond acceptors (Lipinski definition) is 1. The van der Waals surface area contributed by atoms with E-state index in [1.165, 1.54) is 0 Å². The molecule has 0 heterocycles. The molecule has 3 atom stereocenters. The van der Waals surface area contributed by atoms with Crippen molar-refractivity contribution in [1.82, 2.24) is 4.90 Å². The summed E-state index contributed by atoms with van der Waals surface area (Å²) in [4.78, 5) is 2.10. The van der Waals surface area contributed by atoms with Crippen LogP contribution >= 0.6 is 9.24 Å². The van der Waals surface area contributed by atoms with Gasteiger partial charge in [0, 0.05) is 12.5 Å². The zero-order valence-electron chi connectivity index (χ0n) is 6.60. The molecule has 0 radical (unpaired) electrons. The quantitative estimate of drug-likeness (QED) is 0.531. The first-order valence-corrected chi connectivity index (χ1v) is 4.23. The van der Waals surface area contributed by atoms with Gasteiger partial charge in [-0.25, -0.2) is 4.39 Å². The van der Waals surface area contributed by atoms with Gasteiger partial charge >= 0.3 is 0 Å². The molecule has 1 rings (SSSR count). The van der Waals surface area contributed by atoms with Gasteiger partial charge in [-0.05, 0) is 26.9 Å². The van der Waals surface area contributed by atoms with Crippen LogP contribution in [-0.4, -0.2) is 30.4 Å². The summed E-state index contributed by atoms with van der Waals surface area (Å²) in [5.41, 5.74) is 0. The van der Waals surface area contributed by atoms with E-state index < -0.39 is 5.41 Å². The van der Waals surface area contributed by atoms with Crippen LogP contribution in [0, 0.1) is 0 Å². The van der Waals surface area contributed by atoms with Crippen LogP contribution < -0.4 is 0 Å². The van der Waals surface area contributed by atoms with Crippen LogP contribution in [0.1, 0.15) is 19.3 Å². The van der Waals surface area contributed by atoms with Crippen LogP contribution in [0.4, 0.5) is 4.39 Å². The van der Waals surface area contributed by atoms with Crippen LogP contribution in [0.5, 0.6) is 0 Å². The Morgan fingerprint density at radius 2 is 2.20 bits per heavy atom. The summed E-state index contributed by atoms with van der Waals surface area (Å²) in [6.07, 6.45) is 2.36. The Labute approximate surface area is 64.2 Å². The summed E-state index contributed by atoms with van der Waals surface area (Å²) < 4.78 is 13.2. The Bertz CT molecular complexity index is 125. The maximum Gasteiger partial charge on any atom is 0.125 e. The average molecular weight is 163 g/mol. The third kappa shape index (κ3) is 1.90. The third-order valence-corrected chi connectivity index (χ3v) is 2.72. The fourth-order valence-corrected chi connectivity index (χ4v) is 1.88. The molecule has 1 aliphatic rings. The van der Waals surface area contributed by atoms with Gasteiger partial charge in [0.15, 0.2) is 0 Å². The standard InChI is InChI=1S/C7H15FNP/c1-9(2)6-3-4-7(8,10)5-6/h6H,3-5,10H2,1-2H3. The molecule has 1 saturated carbocycles. The molecule has 0 aromatic heterocycles. The second kappa shape index (κ2) is 2.75. The van der Waals surface area contributed by atoms with Crippen molar-refractivity contribution in [3.05, 3.63) is 0 Å². The Morgan fingerprint density at radius 1 is 1.60 bits per heavy atom. The predicted octanol–water partition coefficient (Wildman–Crippen LogP) is 1.64. The number of alkyl halides is 1. The summed E-state index contributed by atoms with van der Waals surface area (Å²) in [5.74, 6) is 0. The maximum atomic E-state index is 13.2. The van der Waals surface area contributed by atoms with E-state index in [4.69, 9.17) is 0 Å². The lowest BCUT2D eigenvalue weighted by Crippen LogP contribution is -2.26. The summed E-state index contributed by atoms with van der Waals surface area (Å²) in [6, 6.07) is 0.447. The highest BCUT2D eigenvalue weighted by Gasteiger charge is 2.35. The monoisotopic (exact) mass is 163 g/mol. The molecular weight excluding hydrogens is 148 g/mol. The minimum atomic E-state index is -0.977. The molecule has 0 amide bonds. The van der Waals surface area contributed by atoms with Crippen molar-refractivity contribution >= 4 is 9.24 Å². The summed E-state index contributed by atoms with van der Waals surface area (Å²) in [6.45, 7) is 0. The second-order valence-corrected chi connectivity index (χ2v) is 4.43. The van der Waals surface area contributed by atoms with E-state index in [2.05, 4.69) is 14.1 Å². The van der Waals surface area contributed by atoms with Crippen LogP contribution in [0.3, 0.4) is 0 Å². The molecule has 3 unspecified atom stereocenters. The van der Waals surface area contributed by atoms with E-state index in [-0.39, 0.29) is 0 Å². The average Bonchev–Trinajstić information content (AvgIpc) is 2.10. The Kier molecular flexibility index (Phi) is 2.31. The second-order valence-electron chi connectivity index (χ2n) is 3.39. The van der Waals surface area contributed by atoms with E-state index in [0.717, 1.165) is 6.42 Å². The minimum absolute atomic E-state index is 0.447. The minimum Gasteiger partial charge on any atom is -0.306 e. The summed E-state index contributed by atoms with van der Waals surface area (Å²) in [5, 5.41) is -0.977. The first-order chi connectivity index (χ1) is 4.51. The van der Waals surface area contributed by atoms with Crippen LogP contribution in [0.15, 0.2) is 0 Å². The molecule has 1 fully saturated rings. The van der Waals surface area contributed by atoms with Gasteiger partial charge < -0.3 is 4.90 Å². The fraction of sp³-hybridized carbons (Fsp3) is 1.00. The molecule has 0 N–H and O–H groups in total. The van der Waals surface area contributed by atoms with Gasteiger partial charge in [-0.2, -0.15) is 0 Å². The SMILES string of the molecule is CN(C)C1CCC(F)(P)C1. The Hall–Kier alpha value is 0.320. The smallest absolute Gasteiger partial charge is 0.125 e. The first-order valence-electron chi connectivity index (χ1n) is 3.65. The van der Waals surface area contributed by atoms with Crippen molar-refractivity contribution in [2.45, 2.75) is 30.7 Å². The molecule has 0 spiro atoms. The molecule has 0 aliphatic heterocycles. The topological polar surface area (TPSA) is 3.24 Å². The lowest BCUT2D eigenvalue weighted by Gasteiger charge is -2.19. The molecule has 10 heavy (non-hydrogen) atoms. The molecule has 0 aromatic rings. The highest BCUT2D eigenvalue weighted by atomic mass is 31.0. The Balaban J connectivity index is 2.43. The zero-order valence-corrected chi connectivity index (χ0v) is 7.76. The first kappa shape index (κ1) is 8.42. The van der Waals surface area contributed by atoms with Crippen molar-refractivity contribution in [2.75, 3.05) is 14.1 Å². The van der Waals surface area contributed by atoms with Gasteiger partial charge in [-0.15, -0.1) is 0 Å². The molecule has 0 aromatic carbocycles. The molecule has 1 aliphatic carbocycles. The summed E-state index contributed by atoms with van der Waals surface area (Å²) in [7, 11) is 6.33. The third-order valence-electron chi connectivity index (χ3n) is 2.20. The molecule has 0 saturated heterocycles. The zero-order chi connectivity index (χ0) is 7.78. The molecule has 60 valence electrons. The van der Waals surface area contributed by atoms with E-state index in [9.17, 15) is 4.39 Å². The van der Waals surface area contributed by atoms with Gasteiger partial charge in [0.1, 0.15) is 5.41 Å². The number of halogens is 1. The molecular formula is C7H15FNP. The van der Waals surface area contributed by atoms with Gasteiger partial charge in [0.05, 0.1) is 0 Å². The number of hydrogen-bond donors (Lipinski definition) is 0. The van der Waals surface area contributed by atoms with Crippen LogP contribution in [0.2, 0.25) is 0 Å². The number of rotatable bonds is 1. The van der Waals surface area contributed by atoms with Gasteiger partial charge in [0.2, 0.25) is 0 Å². The number of nitrogens with zero attached hydrogens (tertiary/aromatic N) is 1. The highest BCUT2D eigenvalue weighted by Crippen LogP contribution is 2.40. The van der Waals surface area contributed by atoms with Crippen molar-refractivity contribution < 1.29 is 4.39 Å². The normalized spacial score (nSPS) is 41.1. The van der Waals surface area contributed by atoms with Crippen molar-refractivity contribution in [2.24, 2.45) is 0 Å². The van der Waals surface area contributed by atoms with Crippen LogP contribution in [0.25, 0.3) is 0 Å². The van der Waals surface area contributed by atoms with Gasteiger partial charge in [0.25, 0.3) is 0 Å². The van der Waals surface area contributed by atoms with E-state index in [1.54, 1.807) is 0 Å². The van der Waals surface area contributed by atoms with E-state index in [0.29, 0.717) is 18.9 Å².